The number of pyridine rings is 1. The van der Waals surface area contributed by atoms with Gasteiger partial charge in [0, 0.05) is 11.9 Å². The van der Waals surface area contributed by atoms with E-state index in [0.29, 0.717) is 16.7 Å². The molecule has 0 aliphatic heterocycles. The molecule has 0 saturated carbocycles. The van der Waals surface area contributed by atoms with Crippen molar-refractivity contribution in [2.75, 3.05) is 0 Å². The highest BCUT2D eigenvalue weighted by atomic mass is 16.3. The van der Waals surface area contributed by atoms with Gasteiger partial charge in [0.2, 0.25) is 5.88 Å². The fourth-order valence-corrected chi connectivity index (χ4v) is 1.96. The average Bonchev–Trinajstić information content (AvgIpc) is 2.69. The van der Waals surface area contributed by atoms with Gasteiger partial charge in [-0.05, 0) is 19.9 Å². The number of aromatic amines is 1. The Labute approximate surface area is 103 Å². The van der Waals surface area contributed by atoms with Gasteiger partial charge in [-0.25, -0.2) is 4.98 Å². The molecule has 0 amide bonds. The summed E-state index contributed by atoms with van der Waals surface area (Å²) in [4.78, 5) is 12.5. The lowest BCUT2D eigenvalue weighted by atomic mass is 10.2. The van der Waals surface area contributed by atoms with E-state index in [1.807, 2.05) is 13.8 Å². The van der Waals surface area contributed by atoms with E-state index < -0.39 is 0 Å². The van der Waals surface area contributed by atoms with E-state index in [4.69, 9.17) is 0 Å². The third-order valence-corrected chi connectivity index (χ3v) is 2.83. The van der Waals surface area contributed by atoms with Crippen molar-refractivity contribution >= 4 is 10.9 Å². The molecular weight excluding hydrogens is 230 g/mol. The van der Waals surface area contributed by atoms with Crippen LogP contribution in [0.4, 0.5) is 0 Å². The zero-order chi connectivity index (χ0) is 12.7. The van der Waals surface area contributed by atoms with Crippen LogP contribution in [-0.4, -0.2) is 30.3 Å². The minimum Gasteiger partial charge on any atom is -0.493 e. The number of aryl methyl sites for hydroxylation is 2. The largest absolute Gasteiger partial charge is 0.493 e. The molecule has 0 aliphatic rings. The van der Waals surface area contributed by atoms with Crippen molar-refractivity contribution in [2.24, 2.45) is 0 Å². The average molecular weight is 241 g/mol. The lowest BCUT2D eigenvalue weighted by Crippen LogP contribution is -1.93. The summed E-state index contributed by atoms with van der Waals surface area (Å²) in [5.41, 5.74) is 3.10. The maximum atomic E-state index is 9.92. The Hall–Kier alpha value is -2.50. The van der Waals surface area contributed by atoms with Crippen molar-refractivity contribution in [1.82, 2.24) is 25.1 Å². The zero-order valence-electron chi connectivity index (χ0n) is 9.97. The predicted molar refractivity (Wildman–Crippen MR) is 66.1 cm³/mol. The van der Waals surface area contributed by atoms with E-state index in [-0.39, 0.29) is 5.88 Å². The molecule has 0 saturated heterocycles. The number of aromatic hydroxyl groups is 1. The Morgan fingerprint density at radius 3 is 2.78 bits per heavy atom. The fraction of sp³-hybridized carbons (Fsp3) is 0.167. The van der Waals surface area contributed by atoms with Crippen molar-refractivity contribution in [3.05, 3.63) is 29.8 Å². The SMILES string of the molecule is Cc1n[nH]c(C)c1-c1nc(O)c2ccncc2n1. The topological polar surface area (TPSA) is 87.6 Å². The van der Waals surface area contributed by atoms with Crippen LogP contribution in [0.1, 0.15) is 11.4 Å². The summed E-state index contributed by atoms with van der Waals surface area (Å²) in [7, 11) is 0. The quantitative estimate of drug-likeness (QED) is 0.677. The summed E-state index contributed by atoms with van der Waals surface area (Å²) in [5, 5.41) is 17.5. The van der Waals surface area contributed by atoms with Gasteiger partial charge in [-0.15, -0.1) is 0 Å². The molecule has 2 N–H and O–H groups in total. The van der Waals surface area contributed by atoms with Gasteiger partial charge in [-0.2, -0.15) is 10.1 Å². The number of hydrogen-bond acceptors (Lipinski definition) is 5. The predicted octanol–water partition coefficient (Wildman–Crippen LogP) is 1.74. The van der Waals surface area contributed by atoms with Crippen molar-refractivity contribution < 1.29 is 5.11 Å². The van der Waals surface area contributed by atoms with Crippen molar-refractivity contribution in [2.45, 2.75) is 13.8 Å². The number of nitrogens with zero attached hydrogens (tertiary/aromatic N) is 4. The smallest absolute Gasteiger partial charge is 0.222 e. The number of H-pyrrole nitrogens is 1. The molecule has 0 radical (unpaired) electrons. The molecule has 6 heteroatoms. The van der Waals surface area contributed by atoms with Gasteiger partial charge >= 0.3 is 0 Å². The highest BCUT2D eigenvalue weighted by Crippen LogP contribution is 2.27. The molecule has 0 bridgehead atoms. The van der Waals surface area contributed by atoms with E-state index in [1.54, 1.807) is 18.5 Å². The fourth-order valence-electron chi connectivity index (χ4n) is 1.96. The number of nitrogens with one attached hydrogen (secondary N) is 1. The number of rotatable bonds is 1. The Kier molecular flexibility index (Phi) is 2.22. The summed E-state index contributed by atoms with van der Waals surface area (Å²) < 4.78 is 0. The molecule has 90 valence electrons. The number of fused-ring (bicyclic) bond motifs is 1. The molecule has 3 aromatic rings. The molecule has 3 aromatic heterocycles. The van der Waals surface area contributed by atoms with Gasteiger partial charge < -0.3 is 5.11 Å². The number of aromatic nitrogens is 5. The van der Waals surface area contributed by atoms with Crippen LogP contribution in [0.3, 0.4) is 0 Å². The van der Waals surface area contributed by atoms with Crippen LogP contribution in [0, 0.1) is 13.8 Å². The van der Waals surface area contributed by atoms with Crippen molar-refractivity contribution in [3.8, 4) is 17.3 Å². The van der Waals surface area contributed by atoms with Gasteiger partial charge in [0.05, 0.1) is 28.4 Å². The van der Waals surface area contributed by atoms with Gasteiger partial charge in [0.1, 0.15) is 0 Å². The van der Waals surface area contributed by atoms with E-state index in [2.05, 4.69) is 25.1 Å². The standard InChI is InChI=1S/C12H11N5O/c1-6-10(7(2)17-16-6)11-14-9-5-13-4-3-8(9)12(18)15-11/h3-5H,1-2H3,(H,16,17)(H,14,15,18). The number of hydrogen-bond donors (Lipinski definition) is 2. The Morgan fingerprint density at radius 1 is 1.22 bits per heavy atom. The summed E-state index contributed by atoms with van der Waals surface area (Å²) in [5.74, 6) is 0.411. The van der Waals surface area contributed by atoms with Crippen molar-refractivity contribution in [1.29, 1.82) is 0 Å². The van der Waals surface area contributed by atoms with Crippen LogP contribution in [0.15, 0.2) is 18.5 Å². The van der Waals surface area contributed by atoms with Crippen LogP contribution in [0.2, 0.25) is 0 Å². The lowest BCUT2D eigenvalue weighted by Gasteiger charge is -2.04. The van der Waals surface area contributed by atoms with Gasteiger partial charge in [-0.3, -0.25) is 10.1 Å². The highest BCUT2D eigenvalue weighted by molar-refractivity contribution is 5.84. The molecule has 3 rings (SSSR count). The second-order valence-electron chi connectivity index (χ2n) is 4.07. The second-order valence-corrected chi connectivity index (χ2v) is 4.07. The third kappa shape index (κ3) is 1.50. The van der Waals surface area contributed by atoms with Gasteiger partial charge in [-0.1, -0.05) is 0 Å². The summed E-state index contributed by atoms with van der Waals surface area (Å²) in [6, 6.07) is 1.68. The maximum Gasteiger partial charge on any atom is 0.222 e. The van der Waals surface area contributed by atoms with E-state index in [1.165, 1.54) is 0 Å². The first-order valence-electron chi connectivity index (χ1n) is 5.49. The van der Waals surface area contributed by atoms with E-state index in [9.17, 15) is 5.11 Å². The van der Waals surface area contributed by atoms with Crippen molar-refractivity contribution in [3.63, 3.8) is 0 Å². The second kappa shape index (κ2) is 3.76. The van der Waals surface area contributed by atoms with Crippen LogP contribution >= 0.6 is 0 Å². The normalized spacial score (nSPS) is 11.0. The minimum absolute atomic E-state index is 0.0441. The van der Waals surface area contributed by atoms with Crippen LogP contribution in [-0.2, 0) is 0 Å². The summed E-state index contributed by atoms with van der Waals surface area (Å²) in [6.45, 7) is 3.76. The summed E-state index contributed by atoms with van der Waals surface area (Å²) in [6.07, 6.45) is 3.20. The van der Waals surface area contributed by atoms with E-state index >= 15 is 0 Å². The Bertz CT molecular complexity index is 715. The first-order chi connectivity index (χ1) is 8.66. The minimum atomic E-state index is -0.0441. The molecular formula is C12H11N5O. The van der Waals surface area contributed by atoms with E-state index in [0.717, 1.165) is 17.0 Å². The molecule has 3 heterocycles. The molecule has 18 heavy (non-hydrogen) atoms. The molecule has 6 nitrogen and oxygen atoms in total. The monoisotopic (exact) mass is 241 g/mol. The molecule has 0 aliphatic carbocycles. The van der Waals surface area contributed by atoms with Crippen LogP contribution in [0.5, 0.6) is 5.88 Å². The highest BCUT2D eigenvalue weighted by Gasteiger charge is 2.14. The zero-order valence-corrected chi connectivity index (χ0v) is 9.97. The molecule has 0 atom stereocenters. The summed E-state index contributed by atoms with van der Waals surface area (Å²) >= 11 is 0. The Balaban J connectivity index is 2.31. The lowest BCUT2D eigenvalue weighted by molar-refractivity contribution is 0.460. The Morgan fingerprint density at radius 2 is 2.06 bits per heavy atom. The molecule has 0 spiro atoms. The van der Waals surface area contributed by atoms with Crippen LogP contribution < -0.4 is 0 Å². The molecule has 0 fully saturated rings. The maximum absolute atomic E-state index is 9.92. The van der Waals surface area contributed by atoms with Crippen LogP contribution in [0.25, 0.3) is 22.3 Å². The van der Waals surface area contributed by atoms with Gasteiger partial charge in [0.25, 0.3) is 0 Å². The molecule has 0 unspecified atom stereocenters. The van der Waals surface area contributed by atoms with Gasteiger partial charge in [0.15, 0.2) is 5.82 Å². The molecule has 0 aromatic carbocycles. The third-order valence-electron chi connectivity index (χ3n) is 2.83. The first kappa shape index (κ1) is 10.6. The first-order valence-corrected chi connectivity index (χ1v) is 5.49.